The topological polar surface area (TPSA) is 39.0 Å². The number of aryl methyl sites for hydroxylation is 1. The van der Waals surface area contributed by atoms with E-state index in [0.717, 1.165) is 47.4 Å². The molecule has 1 aliphatic heterocycles. The smallest absolute Gasteiger partial charge is 0.194 e. The number of nitrogens with zero attached hydrogens (tertiary/aromatic N) is 3. The Bertz CT molecular complexity index is 1150. The van der Waals surface area contributed by atoms with E-state index < -0.39 is 0 Å². The van der Waals surface area contributed by atoms with E-state index in [1.807, 2.05) is 24.3 Å². The summed E-state index contributed by atoms with van der Waals surface area (Å²) >= 11 is 1.67. The average Bonchev–Trinajstić information content (AvgIpc) is 3.24. The molecule has 29 heavy (non-hydrogen) atoms. The molecule has 0 bridgehead atoms. The van der Waals surface area contributed by atoms with Gasteiger partial charge in [-0.05, 0) is 19.1 Å². The van der Waals surface area contributed by atoms with E-state index in [0.29, 0.717) is 0 Å². The molecule has 1 atom stereocenters. The van der Waals surface area contributed by atoms with Crippen LogP contribution in [0.1, 0.15) is 28.6 Å². The molecule has 2 aromatic heterocycles. The number of ether oxygens (including phenoxy) is 2. The van der Waals surface area contributed by atoms with E-state index in [2.05, 4.69) is 52.1 Å². The molecular formula is C23H23N3O2S. The monoisotopic (exact) mass is 405 g/mol. The minimum absolute atomic E-state index is 0.110. The molecule has 3 heterocycles. The Morgan fingerprint density at radius 2 is 2.00 bits per heavy atom. The van der Waals surface area contributed by atoms with Gasteiger partial charge in [0.25, 0.3) is 0 Å². The molecule has 0 fully saturated rings. The summed E-state index contributed by atoms with van der Waals surface area (Å²) in [6, 6.07) is 16.4. The third kappa shape index (κ3) is 3.39. The third-order valence-electron chi connectivity index (χ3n) is 5.48. The zero-order chi connectivity index (χ0) is 19.8. The van der Waals surface area contributed by atoms with Crippen LogP contribution in [0.3, 0.4) is 0 Å². The van der Waals surface area contributed by atoms with Crippen LogP contribution >= 0.6 is 11.3 Å². The van der Waals surface area contributed by atoms with Crippen LogP contribution in [0.5, 0.6) is 11.5 Å². The number of fused-ring (bicyclic) bond motifs is 2. The van der Waals surface area contributed by atoms with Gasteiger partial charge in [-0.25, -0.2) is 4.98 Å². The Kier molecular flexibility index (Phi) is 4.73. The van der Waals surface area contributed by atoms with E-state index in [1.165, 1.54) is 11.3 Å². The average molecular weight is 406 g/mol. The first-order valence-electron chi connectivity index (χ1n) is 9.74. The van der Waals surface area contributed by atoms with Crippen LogP contribution in [0.2, 0.25) is 0 Å². The number of methoxy groups -OCH3 is 1. The summed E-state index contributed by atoms with van der Waals surface area (Å²) in [4.78, 5) is 8.20. The number of aromatic nitrogens is 2. The van der Waals surface area contributed by atoms with Gasteiger partial charge in [0.2, 0.25) is 0 Å². The lowest BCUT2D eigenvalue weighted by molar-refractivity contribution is 0.140. The molecular weight excluding hydrogens is 382 g/mol. The van der Waals surface area contributed by atoms with Gasteiger partial charge in [0.15, 0.2) is 4.96 Å². The standard InChI is InChI=1S/C23H23N3O2S/c1-16-19(26-11-12-29-23(26)24-16)14-25-13-17-7-3-5-9-20(17)28-22(15-25)18-8-4-6-10-21(18)27-2/h3-12,22H,13-15H2,1-2H3. The first-order valence-corrected chi connectivity index (χ1v) is 10.6. The van der Waals surface area contributed by atoms with Crippen LogP contribution in [-0.4, -0.2) is 27.9 Å². The Balaban J connectivity index is 1.53. The van der Waals surface area contributed by atoms with E-state index in [-0.39, 0.29) is 6.10 Å². The molecule has 0 amide bonds. The van der Waals surface area contributed by atoms with Crippen molar-refractivity contribution in [3.63, 3.8) is 0 Å². The van der Waals surface area contributed by atoms with Crippen LogP contribution < -0.4 is 9.47 Å². The van der Waals surface area contributed by atoms with Crippen LogP contribution in [0, 0.1) is 6.92 Å². The molecule has 0 radical (unpaired) electrons. The second-order valence-corrected chi connectivity index (χ2v) is 8.20. The Labute approximate surface area is 174 Å². The van der Waals surface area contributed by atoms with Crippen molar-refractivity contribution in [1.29, 1.82) is 0 Å². The fourth-order valence-electron chi connectivity index (χ4n) is 4.04. The predicted octanol–water partition coefficient (Wildman–Crippen LogP) is 4.85. The highest BCUT2D eigenvalue weighted by atomic mass is 32.1. The molecule has 0 aliphatic carbocycles. The largest absolute Gasteiger partial charge is 0.496 e. The van der Waals surface area contributed by atoms with Gasteiger partial charge < -0.3 is 9.47 Å². The Morgan fingerprint density at radius 1 is 1.17 bits per heavy atom. The van der Waals surface area contributed by atoms with Gasteiger partial charge >= 0.3 is 0 Å². The zero-order valence-corrected chi connectivity index (χ0v) is 17.4. The number of hydrogen-bond acceptors (Lipinski definition) is 5. The van der Waals surface area contributed by atoms with Crippen molar-refractivity contribution >= 4 is 16.3 Å². The second kappa shape index (κ2) is 7.54. The highest BCUT2D eigenvalue weighted by Crippen LogP contribution is 2.35. The summed E-state index contributed by atoms with van der Waals surface area (Å²) in [5.41, 5.74) is 4.60. The first kappa shape index (κ1) is 18.2. The van der Waals surface area contributed by atoms with Crippen molar-refractivity contribution in [1.82, 2.24) is 14.3 Å². The Hall–Kier alpha value is -2.83. The van der Waals surface area contributed by atoms with Crippen LogP contribution in [0.15, 0.2) is 60.1 Å². The highest BCUT2D eigenvalue weighted by Gasteiger charge is 2.27. The second-order valence-electron chi connectivity index (χ2n) is 7.33. The maximum absolute atomic E-state index is 6.50. The van der Waals surface area contributed by atoms with Crippen molar-refractivity contribution in [2.24, 2.45) is 0 Å². The highest BCUT2D eigenvalue weighted by molar-refractivity contribution is 7.15. The third-order valence-corrected chi connectivity index (χ3v) is 6.24. The van der Waals surface area contributed by atoms with Gasteiger partial charge in [0.1, 0.15) is 17.6 Å². The zero-order valence-electron chi connectivity index (χ0n) is 16.5. The summed E-state index contributed by atoms with van der Waals surface area (Å²) < 4.78 is 14.3. The summed E-state index contributed by atoms with van der Waals surface area (Å²) in [6.07, 6.45) is 2.00. The summed E-state index contributed by atoms with van der Waals surface area (Å²) in [6.45, 7) is 4.51. The molecule has 0 saturated carbocycles. The maximum Gasteiger partial charge on any atom is 0.194 e. The van der Waals surface area contributed by atoms with E-state index in [9.17, 15) is 0 Å². The molecule has 148 valence electrons. The van der Waals surface area contributed by atoms with E-state index >= 15 is 0 Å². The fraction of sp³-hybridized carbons (Fsp3) is 0.261. The van der Waals surface area contributed by atoms with E-state index in [1.54, 1.807) is 18.4 Å². The van der Waals surface area contributed by atoms with Gasteiger partial charge in [0, 0.05) is 42.3 Å². The lowest BCUT2D eigenvalue weighted by atomic mass is 10.1. The number of imidazole rings is 1. The maximum atomic E-state index is 6.50. The van der Waals surface area contributed by atoms with Crippen molar-refractivity contribution in [3.8, 4) is 11.5 Å². The van der Waals surface area contributed by atoms with Gasteiger partial charge in [0.05, 0.1) is 18.5 Å². The lowest BCUT2D eigenvalue weighted by Crippen LogP contribution is -2.28. The quantitative estimate of drug-likeness (QED) is 0.487. The summed E-state index contributed by atoms with van der Waals surface area (Å²) in [5, 5.41) is 2.09. The molecule has 0 spiro atoms. The fourth-order valence-corrected chi connectivity index (χ4v) is 4.82. The van der Waals surface area contributed by atoms with Crippen LogP contribution in [-0.2, 0) is 13.1 Å². The molecule has 5 rings (SSSR count). The molecule has 1 aliphatic rings. The minimum atomic E-state index is -0.110. The number of rotatable bonds is 4. The van der Waals surface area contributed by atoms with Gasteiger partial charge in [-0.1, -0.05) is 36.4 Å². The molecule has 5 nitrogen and oxygen atoms in total. The van der Waals surface area contributed by atoms with Gasteiger partial charge in [-0.2, -0.15) is 0 Å². The normalized spacial score (nSPS) is 17.0. The SMILES string of the molecule is COc1ccccc1C1CN(Cc2c(C)nc3sccn23)Cc2ccccc2O1. The van der Waals surface area contributed by atoms with Crippen molar-refractivity contribution in [2.75, 3.05) is 13.7 Å². The lowest BCUT2D eigenvalue weighted by Gasteiger charge is -2.25. The first-order chi connectivity index (χ1) is 14.2. The van der Waals surface area contributed by atoms with Gasteiger partial charge in [-0.3, -0.25) is 9.30 Å². The summed E-state index contributed by atoms with van der Waals surface area (Å²) in [5.74, 6) is 1.80. The minimum Gasteiger partial charge on any atom is -0.496 e. The number of hydrogen-bond donors (Lipinski definition) is 0. The number of thiazole rings is 1. The molecule has 1 unspecified atom stereocenters. The number of benzene rings is 2. The molecule has 4 aromatic rings. The van der Waals surface area contributed by atoms with Crippen molar-refractivity contribution in [2.45, 2.75) is 26.1 Å². The Morgan fingerprint density at radius 3 is 2.90 bits per heavy atom. The van der Waals surface area contributed by atoms with Gasteiger partial charge in [-0.15, -0.1) is 11.3 Å². The molecule has 6 heteroatoms. The van der Waals surface area contributed by atoms with Crippen molar-refractivity contribution < 1.29 is 9.47 Å². The molecule has 0 N–H and O–H groups in total. The van der Waals surface area contributed by atoms with Crippen molar-refractivity contribution in [3.05, 3.63) is 82.6 Å². The molecule has 0 saturated heterocycles. The summed E-state index contributed by atoms with van der Waals surface area (Å²) in [7, 11) is 1.71. The van der Waals surface area contributed by atoms with Crippen LogP contribution in [0.25, 0.3) is 4.96 Å². The van der Waals surface area contributed by atoms with Crippen LogP contribution in [0.4, 0.5) is 0 Å². The predicted molar refractivity (Wildman–Crippen MR) is 115 cm³/mol. The molecule has 2 aromatic carbocycles. The number of para-hydroxylation sites is 2. The van der Waals surface area contributed by atoms with E-state index in [4.69, 9.17) is 14.5 Å².